The lowest BCUT2D eigenvalue weighted by atomic mass is 9.99. The first-order valence-corrected chi connectivity index (χ1v) is 5.50. The zero-order valence-corrected chi connectivity index (χ0v) is 9.99. The number of ketones is 1. The number of ether oxygens (including phenoxy) is 1. The van der Waals surface area contributed by atoms with Crippen molar-refractivity contribution in [3.8, 4) is 0 Å². The molecule has 17 heavy (non-hydrogen) atoms. The Bertz CT molecular complexity index is 503. The third-order valence-corrected chi connectivity index (χ3v) is 2.72. The lowest BCUT2D eigenvalue weighted by Crippen LogP contribution is -2.15. The average Bonchev–Trinajstić information content (AvgIpc) is 2.65. The van der Waals surface area contributed by atoms with Crippen molar-refractivity contribution in [3.63, 3.8) is 0 Å². The van der Waals surface area contributed by atoms with E-state index in [-0.39, 0.29) is 5.78 Å². The van der Waals surface area contributed by atoms with Gasteiger partial charge in [-0.25, -0.2) is 0 Å². The Balaban J connectivity index is 2.48. The normalized spacial score (nSPS) is 19.2. The molecule has 1 aliphatic heterocycles. The summed E-state index contributed by atoms with van der Waals surface area (Å²) < 4.78 is 5.48. The first kappa shape index (κ1) is 11.5. The van der Waals surface area contributed by atoms with Gasteiger partial charge in [-0.1, -0.05) is 36.4 Å². The van der Waals surface area contributed by atoms with Crippen LogP contribution in [0.2, 0.25) is 0 Å². The molecular formula is C14H15NO2. The molecule has 1 atom stereocenters. The summed E-state index contributed by atoms with van der Waals surface area (Å²) in [7, 11) is 1.74. The van der Waals surface area contributed by atoms with E-state index in [9.17, 15) is 4.79 Å². The molecule has 0 aromatic heterocycles. The van der Waals surface area contributed by atoms with E-state index < -0.39 is 6.10 Å². The second kappa shape index (κ2) is 4.45. The highest BCUT2D eigenvalue weighted by Gasteiger charge is 2.33. The van der Waals surface area contributed by atoms with Gasteiger partial charge in [-0.15, -0.1) is 0 Å². The molecule has 0 spiro atoms. The highest BCUT2D eigenvalue weighted by molar-refractivity contribution is 6.25. The number of Topliss-reactive ketones (excluding diaryl/α,β-unsaturated/α-hetero) is 1. The topological polar surface area (TPSA) is 38.3 Å². The Labute approximate surface area is 101 Å². The zero-order valence-electron chi connectivity index (χ0n) is 9.99. The molecule has 1 aromatic carbocycles. The highest BCUT2D eigenvalue weighted by Crippen LogP contribution is 2.29. The molecule has 0 saturated heterocycles. The summed E-state index contributed by atoms with van der Waals surface area (Å²) in [5.41, 5.74) is 2.59. The lowest BCUT2D eigenvalue weighted by molar-refractivity contribution is -0.118. The van der Waals surface area contributed by atoms with Crippen LogP contribution in [-0.2, 0) is 9.53 Å². The van der Waals surface area contributed by atoms with E-state index in [0.717, 1.165) is 11.1 Å². The van der Waals surface area contributed by atoms with Gasteiger partial charge < -0.3 is 10.1 Å². The Kier molecular flexibility index (Phi) is 3.00. The van der Waals surface area contributed by atoms with Crippen LogP contribution in [0.15, 0.2) is 42.8 Å². The van der Waals surface area contributed by atoms with Crippen LogP contribution >= 0.6 is 0 Å². The molecule has 3 nitrogen and oxygen atoms in total. The lowest BCUT2D eigenvalue weighted by Gasteiger charge is -2.05. The fourth-order valence-corrected chi connectivity index (χ4v) is 1.91. The van der Waals surface area contributed by atoms with Crippen molar-refractivity contribution < 1.29 is 9.53 Å². The van der Waals surface area contributed by atoms with Crippen LogP contribution in [0.3, 0.4) is 0 Å². The van der Waals surface area contributed by atoms with Gasteiger partial charge in [-0.2, -0.15) is 0 Å². The molecule has 0 aliphatic carbocycles. The Morgan fingerprint density at radius 3 is 2.82 bits per heavy atom. The van der Waals surface area contributed by atoms with E-state index in [1.807, 2.05) is 31.2 Å². The maximum atomic E-state index is 12.1. The van der Waals surface area contributed by atoms with Gasteiger partial charge in [0.05, 0.1) is 5.57 Å². The molecule has 0 bridgehead atoms. The zero-order chi connectivity index (χ0) is 12.4. The number of aryl methyl sites for hydroxylation is 1. The van der Waals surface area contributed by atoms with Crippen LogP contribution in [0.5, 0.6) is 0 Å². The Morgan fingerprint density at radius 1 is 1.47 bits per heavy atom. The van der Waals surface area contributed by atoms with E-state index >= 15 is 0 Å². The quantitative estimate of drug-likeness (QED) is 0.806. The monoisotopic (exact) mass is 229 g/mol. The summed E-state index contributed by atoms with van der Waals surface area (Å²) in [6.07, 6.45) is 0.940. The summed E-state index contributed by atoms with van der Waals surface area (Å²) >= 11 is 0. The number of rotatable bonds is 3. The van der Waals surface area contributed by atoms with Crippen molar-refractivity contribution in [2.75, 3.05) is 7.05 Å². The van der Waals surface area contributed by atoms with E-state index in [1.54, 1.807) is 7.05 Å². The summed E-state index contributed by atoms with van der Waals surface area (Å²) in [6, 6.07) is 7.81. The smallest absolute Gasteiger partial charge is 0.213 e. The van der Waals surface area contributed by atoms with Gasteiger partial charge in [0.2, 0.25) is 5.78 Å². The van der Waals surface area contributed by atoms with Crippen LogP contribution in [0.4, 0.5) is 0 Å². The van der Waals surface area contributed by atoms with Gasteiger partial charge in [0.1, 0.15) is 0 Å². The first-order valence-electron chi connectivity index (χ1n) is 5.50. The minimum Gasteiger partial charge on any atom is -0.463 e. The number of carbonyl (C=O) groups is 1. The molecule has 0 saturated carbocycles. The first-order chi connectivity index (χ1) is 8.17. The van der Waals surface area contributed by atoms with Gasteiger partial charge in [0, 0.05) is 7.05 Å². The summed E-state index contributed by atoms with van der Waals surface area (Å²) in [4.78, 5) is 12.1. The van der Waals surface area contributed by atoms with E-state index in [1.165, 1.54) is 6.08 Å². The minimum atomic E-state index is -0.576. The van der Waals surface area contributed by atoms with Crippen molar-refractivity contribution in [3.05, 3.63) is 53.9 Å². The molecule has 1 unspecified atom stereocenters. The third kappa shape index (κ3) is 1.96. The second-order valence-electron chi connectivity index (χ2n) is 3.96. The Hall–Kier alpha value is -2.03. The number of hydrogen-bond acceptors (Lipinski definition) is 3. The van der Waals surface area contributed by atoms with Gasteiger partial charge in [0.15, 0.2) is 12.0 Å². The fraction of sp³-hybridized carbons (Fsp3) is 0.214. The average molecular weight is 229 g/mol. The maximum absolute atomic E-state index is 12.1. The SMILES string of the molecule is C=CC1OC(NC)=C(c2cccc(C)c2)C1=O. The number of carbonyl (C=O) groups excluding carboxylic acids is 1. The van der Waals surface area contributed by atoms with E-state index in [4.69, 9.17) is 4.74 Å². The molecule has 0 fully saturated rings. The van der Waals surface area contributed by atoms with Crippen LogP contribution in [0.1, 0.15) is 11.1 Å². The van der Waals surface area contributed by atoms with Crippen molar-refractivity contribution >= 4 is 11.4 Å². The van der Waals surface area contributed by atoms with Crippen molar-refractivity contribution in [2.45, 2.75) is 13.0 Å². The molecular weight excluding hydrogens is 214 g/mol. The predicted molar refractivity (Wildman–Crippen MR) is 67.2 cm³/mol. The molecule has 0 radical (unpaired) electrons. The fourth-order valence-electron chi connectivity index (χ4n) is 1.91. The molecule has 2 rings (SSSR count). The Morgan fingerprint density at radius 2 is 2.24 bits per heavy atom. The number of nitrogens with one attached hydrogen (secondary N) is 1. The molecule has 1 N–H and O–H groups in total. The molecule has 3 heteroatoms. The van der Waals surface area contributed by atoms with Crippen LogP contribution < -0.4 is 5.32 Å². The second-order valence-corrected chi connectivity index (χ2v) is 3.96. The van der Waals surface area contributed by atoms with Crippen LogP contribution in [0, 0.1) is 6.92 Å². The third-order valence-electron chi connectivity index (χ3n) is 2.72. The predicted octanol–water partition coefficient (Wildman–Crippen LogP) is 2.04. The van der Waals surface area contributed by atoms with E-state index in [2.05, 4.69) is 11.9 Å². The summed E-state index contributed by atoms with van der Waals surface area (Å²) in [5.74, 6) is 0.473. The standard InChI is InChI=1S/C14H15NO2/c1-4-11-13(16)12(14(15-3)17-11)10-7-5-6-9(2)8-10/h4-8,11,15H,1H2,2-3H3. The summed E-state index contributed by atoms with van der Waals surface area (Å²) in [5, 5.41) is 2.92. The molecule has 0 amide bonds. The molecule has 1 aliphatic rings. The van der Waals surface area contributed by atoms with Gasteiger partial charge >= 0.3 is 0 Å². The highest BCUT2D eigenvalue weighted by atomic mass is 16.5. The van der Waals surface area contributed by atoms with Crippen molar-refractivity contribution in [1.82, 2.24) is 5.32 Å². The van der Waals surface area contributed by atoms with Crippen LogP contribution in [-0.4, -0.2) is 18.9 Å². The van der Waals surface area contributed by atoms with Gasteiger partial charge in [-0.05, 0) is 18.6 Å². The van der Waals surface area contributed by atoms with Gasteiger partial charge in [0.25, 0.3) is 0 Å². The number of benzene rings is 1. The maximum Gasteiger partial charge on any atom is 0.213 e. The molecule has 88 valence electrons. The van der Waals surface area contributed by atoms with Crippen molar-refractivity contribution in [2.24, 2.45) is 0 Å². The largest absolute Gasteiger partial charge is 0.463 e. The van der Waals surface area contributed by atoms with E-state index in [0.29, 0.717) is 11.5 Å². The minimum absolute atomic E-state index is 0.0463. The molecule has 1 aromatic rings. The van der Waals surface area contributed by atoms with Crippen molar-refractivity contribution in [1.29, 1.82) is 0 Å². The van der Waals surface area contributed by atoms with Gasteiger partial charge in [-0.3, -0.25) is 4.79 Å². The van der Waals surface area contributed by atoms with Crippen LogP contribution in [0.25, 0.3) is 5.57 Å². The number of hydrogen-bond donors (Lipinski definition) is 1. The summed E-state index contributed by atoms with van der Waals surface area (Å²) in [6.45, 7) is 5.60. The molecule has 1 heterocycles.